The zero-order chi connectivity index (χ0) is 20.3. The Balaban J connectivity index is 1.32. The molecule has 0 atom stereocenters. The second kappa shape index (κ2) is 12.2. The Hall–Kier alpha value is -1.63. The number of rotatable bonds is 10. The molecule has 0 aromatic heterocycles. The van der Waals surface area contributed by atoms with Gasteiger partial charge in [0.2, 0.25) is 5.91 Å². The van der Waals surface area contributed by atoms with Gasteiger partial charge in [0.25, 0.3) is 0 Å². The summed E-state index contributed by atoms with van der Waals surface area (Å²) in [6, 6.07) is 7.82. The first-order valence-corrected chi connectivity index (χ1v) is 11.1. The summed E-state index contributed by atoms with van der Waals surface area (Å²) in [6.07, 6.45) is 9.34. The van der Waals surface area contributed by atoms with E-state index in [1.165, 1.54) is 32.1 Å². The van der Waals surface area contributed by atoms with Crippen molar-refractivity contribution >= 4 is 5.91 Å². The molecule has 0 unspecified atom stereocenters. The van der Waals surface area contributed by atoms with Crippen LogP contribution in [0.15, 0.2) is 24.3 Å². The standard InChI is InChI=1S/C23H36N2O4/c1-27-14-15-28-22-9-5-6-19(16-22)17-24-23(26)18-25-12-10-21(11-13-25)29-20-7-3-2-4-8-20/h5-6,9,16,20-21H,2-4,7-8,10-15,17-18H2,1H3,(H,24,26). The van der Waals surface area contributed by atoms with Crippen molar-refractivity contribution in [1.82, 2.24) is 10.2 Å². The van der Waals surface area contributed by atoms with Gasteiger partial charge >= 0.3 is 0 Å². The van der Waals surface area contributed by atoms with Gasteiger partial charge in [-0.15, -0.1) is 0 Å². The third kappa shape index (κ3) is 7.96. The maximum atomic E-state index is 12.3. The Labute approximate surface area is 174 Å². The van der Waals surface area contributed by atoms with Gasteiger partial charge in [-0.05, 0) is 43.4 Å². The van der Waals surface area contributed by atoms with Crippen molar-refractivity contribution in [3.63, 3.8) is 0 Å². The smallest absolute Gasteiger partial charge is 0.234 e. The van der Waals surface area contributed by atoms with Crippen LogP contribution in [0.4, 0.5) is 0 Å². The van der Waals surface area contributed by atoms with Crippen molar-refractivity contribution in [2.24, 2.45) is 0 Å². The SMILES string of the molecule is COCCOc1cccc(CNC(=O)CN2CCC(OC3CCCCC3)CC2)c1. The number of ether oxygens (including phenoxy) is 3. The number of methoxy groups -OCH3 is 1. The third-order valence-corrected chi connectivity index (χ3v) is 5.78. The highest BCUT2D eigenvalue weighted by Gasteiger charge is 2.24. The number of nitrogens with one attached hydrogen (secondary N) is 1. The van der Waals surface area contributed by atoms with Crippen LogP contribution < -0.4 is 10.1 Å². The average Bonchev–Trinajstić information content (AvgIpc) is 2.75. The zero-order valence-electron chi connectivity index (χ0n) is 17.7. The molecule has 0 bridgehead atoms. The Bertz CT molecular complexity index is 611. The molecule has 0 radical (unpaired) electrons. The maximum absolute atomic E-state index is 12.3. The Morgan fingerprint density at radius 2 is 1.83 bits per heavy atom. The molecule has 3 rings (SSSR count). The number of likely N-dealkylation sites (tertiary alicyclic amines) is 1. The minimum Gasteiger partial charge on any atom is -0.491 e. The summed E-state index contributed by atoms with van der Waals surface area (Å²) < 4.78 is 16.9. The van der Waals surface area contributed by atoms with Gasteiger partial charge < -0.3 is 19.5 Å². The topological polar surface area (TPSA) is 60.0 Å². The van der Waals surface area contributed by atoms with Crippen LogP contribution in [0.3, 0.4) is 0 Å². The second-order valence-corrected chi connectivity index (χ2v) is 8.14. The molecule has 1 saturated heterocycles. The van der Waals surface area contributed by atoms with Gasteiger partial charge in [0.15, 0.2) is 0 Å². The summed E-state index contributed by atoms with van der Waals surface area (Å²) in [6.45, 7) is 3.93. The predicted octanol–water partition coefficient (Wildman–Crippen LogP) is 3.14. The van der Waals surface area contributed by atoms with Gasteiger partial charge in [-0.25, -0.2) is 0 Å². The average molecular weight is 405 g/mol. The number of hydrogen-bond acceptors (Lipinski definition) is 5. The fourth-order valence-electron chi connectivity index (χ4n) is 4.12. The molecule has 1 heterocycles. The molecule has 1 saturated carbocycles. The van der Waals surface area contributed by atoms with Crippen molar-refractivity contribution < 1.29 is 19.0 Å². The molecule has 2 aliphatic rings. The molecule has 6 nitrogen and oxygen atoms in total. The first-order chi connectivity index (χ1) is 14.2. The van der Waals surface area contributed by atoms with E-state index in [1.807, 2.05) is 24.3 Å². The summed E-state index contributed by atoms with van der Waals surface area (Å²) >= 11 is 0. The first kappa shape index (κ1) is 22.1. The Kier molecular flexibility index (Phi) is 9.25. The number of carbonyl (C=O) groups excluding carboxylic acids is 1. The Morgan fingerprint density at radius 1 is 1.07 bits per heavy atom. The first-order valence-electron chi connectivity index (χ1n) is 11.1. The summed E-state index contributed by atoms with van der Waals surface area (Å²) in [5.74, 6) is 0.871. The monoisotopic (exact) mass is 404 g/mol. The predicted molar refractivity (Wildman–Crippen MR) is 113 cm³/mol. The van der Waals surface area contributed by atoms with Crippen molar-refractivity contribution in [3.8, 4) is 5.75 Å². The minimum absolute atomic E-state index is 0.0716. The summed E-state index contributed by atoms with van der Waals surface area (Å²) in [5.41, 5.74) is 1.04. The van der Waals surface area contributed by atoms with Crippen molar-refractivity contribution in [2.45, 2.75) is 63.7 Å². The van der Waals surface area contributed by atoms with E-state index < -0.39 is 0 Å². The lowest BCUT2D eigenvalue weighted by Gasteiger charge is -2.34. The lowest BCUT2D eigenvalue weighted by Crippen LogP contribution is -2.43. The minimum atomic E-state index is 0.0716. The normalized spacial score (nSPS) is 19.2. The van der Waals surface area contributed by atoms with E-state index >= 15 is 0 Å². The number of nitrogens with zero attached hydrogens (tertiary/aromatic N) is 1. The van der Waals surface area contributed by atoms with Gasteiger partial charge in [-0.3, -0.25) is 9.69 Å². The highest BCUT2D eigenvalue weighted by Crippen LogP contribution is 2.24. The van der Waals surface area contributed by atoms with Gasteiger partial charge in [0.05, 0.1) is 25.4 Å². The molecule has 29 heavy (non-hydrogen) atoms. The number of amides is 1. The summed E-state index contributed by atoms with van der Waals surface area (Å²) in [4.78, 5) is 14.6. The largest absolute Gasteiger partial charge is 0.491 e. The van der Waals surface area contributed by atoms with Crippen LogP contribution in [0.2, 0.25) is 0 Å². The van der Waals surface area contributed by atoms with Crippen LogP contribution >= 0.6 is 0 Å². The fourth-order valence-corrected chi connectivity index (χ4v) is 4.12. The lowest BCUT2D eigenvalue weighted by atomic mass is 9.97. The van der Waals surface area contributed by atoms with E-state index in [0.717, 1.165) is 37.2 Å². The summed E-state index contributed by atoms with van der Waals surface area (Å²) in [5, 5.41) is 3.03. The molecule has 1 aromatic carbocycles. The molecule has 1 N–H and O–H groups in total. The number of hydrogen-bond donors (Lipinski definition) is 1. The van der Waals surface area contributed by atoms with Crippen molar-refractivity contribution in [3.05, 3.63) is 29.8 Å². The fraction of sp³-hybridized carbons (Fsp3) is 0.696. The Morgan fingerprint density at radius 3 is 2.59 bits per heavy atom. The molecule has 162 valence electrons. The molecule has 1 aliphatic heterocycles. The number of benzene rings is 1. The highest BCUT2D eigenvalue weighted by atomic mass is 16.5. The molecule has 0 spiro atoms. The lowest BCUT2D eigenvalue weighted by molar-refractivity contribution is -0.123. The quantitative estimate of drug-likeness (QED) is 0.607. The van der Waals surface area contributed by atoms with Gasteiger partial charge in [-0.2, -0.15) is 0 Å². The van der Waals surface area contributed by atoms with Crippen LogP contribution in [0.5, 0.6) is 5.75 Å². The third-order valence-electron chi connectivity index (χ3n) is 5.78. The second-order valence-electron chi connectivity index (χ2n) is 8.14. The molecule has 1 aliphatic carbocycles. The van der Waals surface area contributed by atoms with E-state index in [0.29, 0.717) is 38.5 Å². The molecule has 1 aromatic rings. The van der Waals surface area contributed by atoms with Crippen LogP contribution in [-0.2, 0) is 20.8 Å². The molecule has 2 fully saturated rings. The van der Waals surface area contributed by atoms with Gasteiger partial charge in [0, 0.05) is 26.7 Å². The van der Waals surface area contributed by atoms with Crippen molar-refractivity contribution in [2.75, 3.05) is 40.0 Å². The van der Waals surface area contributed by atoms with E-state index in [1.54, 1.807) is 7.11 Å². The molecular weight excluding hydrogens is 368 g/mol. The maximum Gasteiger partial charge on any atom is 0.234 e. The molecular formula is C23H36N2O4. The van der Waals surface area contributed by atoms with E-state index in [9.17, 15) is 4.79 Å². The van der Waals surface area contributed by atoms with E-state index in [4.69, 9.17) is 14.2 Å². The van der Waals surface area contributed by atoms with Crippen LogP contribution in [0.1, 0.15) is 50.5 Å². The number of piperidine rings is 1. The van der Waals surface area contributed by atoms with Crippen molar-refractivity contribution in [1.29, 1.82) is 0 Å². The molecule has 1 amide bonds. The van der Waals surface area contributed by atoms with Gasteiger partial charge in [0.1, 0.15) is 12.4 Å². The van der Waals surface area contributed by atoms with E-state index in [2.05, 4.69) is 10.2 Å². The van der Waals surface area contributed by atoms with E-state index in [-0.39, 0.29) is 5.91 Å². The van der Waals surface area contributed by atoms with Gasteiger partial charge in [-0.1, -0.05) is 31.4 Å². The highest BCUT2D eigenvalue weighted by molar-refractivity contribution is 5.78. The zero-order valence-corrected chi connectivity index (χ0v) is 17.7. The molecule has 6 heteroatoms. The van der Waals surface area contributed by atoms with Crippen LogP contribution in [-0.4, -0.2) is 63.0 Å². The van der Waals surface area contributed by atoms with Crippen LogP contribution in [0.25, 0.3) is 0 Å². The number of carbonyl (C=O) groups is 1. The summed E-state index contributed by atoms with van der Waals surface area (Å²) in [7, 11) is 1.65. The van der Waals surface area contributed by atoms with Crippen LogP contribution in [0, 0.1) is 0 Å².